The van der Waals surface area contributed by atoms with E-state index >= 15 is 0 Å². The molecule has 0 amide bonds. The number of hydrogen-bond donors (Lipinski definition) is 0. The van der Waals surface area contributed by atoms with Crippen molar-refractivity contribution in [3.8, 4) is 0 Å². The molecule has 0 unspecified atom stereocenters. The maximum Gasteiger partial charge on any atom is 0.187 e. The molecule has 4 fully saturated rings. The molecule has 1 aromatic rings. The average Bonchev–Trinajstić information content (AvgIpc) is 3.37. The molecule has 0 N–H and O–H groups in total. The second kappa shape index (κ2) is 9.02. The van der Waals surface area contributed by atoms with Gasteiger partial charge in [0, 0.05) is 13.5 Å². The Labute approximate surface area is 195 Å². The summed E-state index contributed by atoms with van der Waals surface area (Å²) in [4.78, 5) is 0. The molecule has 0 aliphatic carbocycles. The highest BCUT2D eigenvalue weighted by molar-refractivity contribution is 5.14. The number of hydrogen-bond acceptors (Lipinski definition) is 8. The van der Waals surface area contributed by atoms with Crippen LogP contribution in [0.5, 0.6) is 0 Å². The first-order valence-corrected chi connectivity index (χ1v) is 11.6. The molecule has 0 saturated carbocycles. The van der Waals surface area contributed by atoms with Gasteiger partial charge in [0.2, 0.25) is 0 Å². The van der Waals surface area contributed by atoms with Crippen molar-refractivity contribution in [2.24, 2.45) is 0 Å². The molecule has 1 aromatic carbocycles. The fourth-order valence-corrected chi connectivity index (χ4v) is 4.97. The number of ether oxygens (including phenoxy) is 8. The minimum Gasteiger partial charge on any atom is -0.365 e. The Kier molecular flexibility index (Phi) is 6.39. The highest BCUT2D eigenvalue weighted by Crippen LogP contribution is 2.41. The molecule has 4 heterocycles. The number of methoxy groups -OCH3 is 1. The van der Waals surface area contributed by atoms with Crippen LogP contribution >= 0.6 is 0 Å². The van der Waals surface area contributed by atoms with E-state index in [2.05, 4.69) is 0 Å². The fraction of sp³-hybridized carbons (Fsp3) is 0.680. The van der Waals surface area contributed by atoms with Crippen LogP contribution in [0.2, 0.25) is 0 Å². The Morgan fingerprint density at radius 3 is 2.36 bits per heavy atom. The molecule has 33 heavy (non-hydrogen) atoms. The molecule has 4 aliphatic heterocycles. The van der Waals surface area contributed by atoms with Gasteiger partial charge in [-0.2, -0.15) is 0 Å². The Morgan fingerprint density at radius 1 is 0.909 bits per heavy atom. The van der Waals surface area contributed by atoms with Crippen LogP contribution in [0.25, 0.3) is 0 Å². The predicted octanol–water partition coefficient (Wildman–Crippen LogP) is 3.29. The van der Waals surface area contributed by atoms with Gasteiger partial charge in [-0.3, -0.25) is 0 Å². The summed E-state index contributed by atoms with van der Waals surface area (Å²) in [7, 11) is 1.61. The van der Waals surface area contributed by atoms with Crippen LogP contribution in [-0.4, -0.2) is 67.9 Å². The topological polar surface area (TPSA) is 73.8 Å². The smallest absolute Gasteiger partial charge is 0.187 e. The van der Waals surface area contributed by atoms with Crippen molar-refractivity contribution in [2.45, 2.75) is 102 Å². The molecule has 8 heteroatoms. The van der Waals surface area contributed by atoms with E-state index in [4.69, 9.17) is 37.9 Å². The minimum atomic E-state index is -0.754. The third-order valence-corrected chi connectivity index (χ3v) is 6.32. The van der Waals surface area contributed by atoms with Crippen molar-refractivity contribution in [3.05, 3.63) is 48.0 Å². The number of fused-ring (bicyclic) bond motifs is 2. The third kappa shape index (κ3) is 5.04. The normalized spacial score (nSPS) is 41.4. The molecule has 182 valence electrons. The lowest BCUT2D eigenvalue weighted by molar-refractivity contribution is -0.273. The first kappa shape index (κ1) is 23.4. The van der Waals surface area contributed by atoms with Crippen molar-refractivity contribution < 1.29 is 37.9 Å². The second-order valence-corrected chi connectivity index (χ2v) is 9.87. The molecule has 4 saturated heterocycles. The fourth-order valence-electron chi connectivity index (χ4n) is 4.97. The van der Waals surface area contributed by atoms with E-state index in [9.17, 15) is 0 Å². The molecule has 8 atom stereocenters. The second-order valence-electron chi connectivity index (χ2n) is 9.87. The minimum absolute atomic E-state index is 0.0674. The summed E-state index contributed by atoms with van der Waals surface area (Å²) in [6.45, 7) is 8.03. The zero-order valence-corrected chi connectivity index (χ0v) is 19.8. The van der Waals surface area contributed by atoms with Crippen LogP contribution in [0.15, 0.2) is 42.5 Å². The van der Waals surface area contributed by atoms with Gasteiger partial charge in [-0.1, -0.05) is 42.5 Å². The van der Waals surface area contributed by atoms with Crippen LogP contribution < -0.4 is 0 Å². The summed E-state index contributed by atoms with van der Waals surface area (Å²) in [6.07, 6.45) is 2.07. The molecule has 0 bridgehead atoms. The highest BCUT2D eigenvalue weighted by Gasteiger charge is 2.55. The van der Waals surface area contributed by atoms with E-state index < -0.39 is 24.0 Å². The lowest BCUT2D eigenvalue weighted by Crippen LogP contribution is -2.57. The van der Waals surface area contributed by atoms with E-state index in [1.54, 1.807) is 7.11 Å². The maximum absolute atomic E-state index is 6.27. The number of benzene rings is 1. The van der Waals surface area contributed by atoms with E-state index in [0.717, 1.165) is 12.0 Å². The molecular weight excluding hydrogens is 428 g/mol. The molecule has 0 aromatic heterocycles. The van der Waals surface area contributed by atoms with E-state index in [-0.39, 0.29) is 36.8 Å². The first-order chi connectivity index (χ1) is 15.7. The molecule has 5 rings (SSSR count). The van der Waals surface area contributed by atoms with Gasteiger partial charge < -0.3 is 37.9 Å². The molecule has 4 aliphatic rings. The van der Waals surface area contributed by atoms with Gasteiger partial charge in [-0.25, -0.2) is 0 Å². The van der Waals surface area contributed by atoms with Gasteiger partial charge in [0.25, 0.3) is 0 Å². The van der Waals surface area contributed by atoms with Gasteiger partial charge in [-0.05, 0) is 33.3 Å². The summed E-state index contributed by atoms with van der Waals surface area (Å²) in [6, 6.07) is 10.0. The standard InChI is InChI=1S/C25H34O8/c1-24(2)30-18-13-16(28-22(18)33-24)11-12-17-19-20(32-25(3,4)31-19)21(23(26-5)29-17)27-14-15-9-7-6-8-10-15/h6-12,16-23H,13-14H2,1-5H3/b12-11+/t16-,17-,18-,19+,20+,21-,22-,23-/m1/s1. The summed E-state index contributed by atoms with van der Waals surface area (Å²) < 4.78 is 48.4. The summed E-state index contributed by atoms with van der Waals surface area (Å²) in [5, 5.41) is 0. The Bertz CT molecular complexity index is 824. The van der Waals surface area contributed by atoms with Crippen molar-refractivity contribution >= 4 is 0 Å². The summed E-state index contributed by atoms with van der Waals surface area (Å²) >= 11 is 0. The SMILES string of the molecule is CO[C@@H]1O[C@H](/C=C/[C@@H]2C[C@H]3OC(C)(C)O[C@H]3O2)[C@@H]2OC(C)(C)O[C@@H]2[C@H]1OCc1ccccc1. The van der Waals surface area contributed by atoms with E-state index in [1.807, 2.05) is 70.2 Å². The molecule has 0 radical (unpaired) electrons. The van der Waals surface area contributed by atoms with Crippen LogP contribution in [-0.2, 0) is 44.5 Å². The quantitative estimate of drug-likeness (QED) is 0.597. The summed E-state index contributed by atoms with van der Waals surface area (Å²) in [5.41, 5.74) is 1.07. The molecule has 8 nitrogen and oxygen atoms in total. The lowest BCUT2D eigenvalue weighted by atomic mass is 9.97. The zero-order chi connectivity index (χ0) is 23.2. The molecular formula is C25H34O8. The monoisotopic (exact) mass is 462 g/mol. The van der Waals surface area contributed by atoms with Crippen LogP contribution in [0.3, 0.4) is 0 Å². The van der Waals surface area contributed by atoms with Gasteiger partial charge in [0.05, 0.1) is 12.7 Å². The molecule has 0 spiro atoms. The van der Waals surface area contributed by atoms with Crippen LogP contribution in [0.1, 0.15) is 39.7 Å². The van der Waals surface area contributed by atoms with Crippen molar-refractivity contribution in [1.29, 1.82) is 0 Å². The van der Waals surface area contributed by atoms with Gasteiger partial charge in [0.1, 0.15) is 30.5 Å². The Hall–Kier alpha value is -1.36. The Morgan fingerprint density at radius 2 is 1.64 bits per heavy atom. The van der Waals surface area contributed by atoms with Crippen molar-refractivity contribution in [3.63, 3.8) is 0 Å². The van der Waals surface area contributed by atoms with Gasteiger partial charge >= 0.3 is 0 Å². The van der Waals surface area contributed by atoms with Crippen LogP contribution in [0.4, 0.5) is 0 Å². The van der Waals surface area contributed by atoms with Gasteiger partial charge in [0.15, 0.2) is 24.2 Å². The first-order valence-electron chi connectivity index (χ1n) is 11.6. The highest BCUT2D eigenvalue weighted by atomic mass is 16.8. The maximum atomic E-state index is 6.27. The largest absolute Gasteiger partial charge is 0.365 e. The third-order valence-electron chi connectivity index (χ3n) is 6.32. The summed E-state index contributed by atoms with van der Waals surface area (Å²) in [5.74, 6) is -1.36. The number of rotatable bonds is 6. The van der Waals surface area contributed by atoms with Crippen molar-refractivity contribution in [1.82, 2.24) is 0 Å². The van der Waals surface area contributed by atoms with E-state index in [0.29, 0.717) is 6.61 Å². The Balaban J connectivity index is 1.27. The van der Waals surface area contributed by atoms with E-state index in [1.165, 1.54) is 0 Å². The van der Waals surface area contributed by atoms with Crippen LogP contribution in [0, 0.1) is 0 Å². The van der Waals surface area contributed by atoms with Gasteiger partial charge in [-0.15, -0.1) is 0 Å². The van der Waals surface area contributed by atoms with Crippen molar-refractivity contribution in [2.75, 3.05) is 7.11 Å². The predicted molar refractivity (Wildman–Crippen MR) is 117 cm³/mol. The average molecular weight is 463 g/mol. The lowest BCUT2D eigenvalue weighted by Gasteiger charge is -2.40. The zero-order valence-electron chi connectivity index (χ0n) is 19.8.